The molecule has 0 bridgehead atoms. The minimum Gasteiger partial charge on any atom is -0.349 e. The number of thioether (sulfide) groups is 1. The molecule has 140 valence electrons. The molecule has 1 aromatic heterocycles. The van der Waals surface area contributed by atoms with E-state index in [4.69, 9.17) is 11.6 Å². The third kappa shape index (κ3) is 4.90. The summed E-state index contributed by atoms with van der Waals surface area (Å²) >= 11 is 7.30. The van der Waals surface area contributed by atoms with Crippen molar-refractivity contribution in [1.29, 1.82) is 0 Å². The Morgan fingerprint density at radius 2 is 1.85 bits per heavy atom. The second-order valence-corrected chi connectivity index (χ2v) is 7.42. The lowest BCUT2D eigenvalue weighted by Crippen LogP contribution is -2.28. The predicted octanol–water partition coefficient (Wildman–Crippen LogP) is 4.59. The summed E-state index contributed by atoms with van der Waals surface area (Å²) in [6, 6.07) is 17.3. The molecule has 27 heavy (non-hydrogen) atoms. The molecule has 3 rings (SSSR count). The lowest BCUT2D eigenvalue weighted by molar-refractivity contribution is -0.119. The van der Waals surface area contributed by atoms with Crippen molar-refractivity contribution in [3.05, 3.63) is 65.2 Å². The number of rotatable bonds is 7. The monoisotopic (exact) mass is 400 g/mol. The number of nitrogens with zero attached hydrogens (tertiary/aromatic N) is 3. The van der Waals surface area contributed by atoms with Crippen LogP contribution in [0.2, 0.25) is 5.02 Å². The molecule has 1 heterocycles. The van der Waals surface area contributed by atoms with Gasteiger partial charge in [0.05, 0.1) is 11.8 Å². The number of nitrogens with one attached hydrogen (secondary N) is 1. The third-order valence-electron chi connectivity index (χ3n) is 4.14. The van der Waals surface area contributed by atoms with E-state index in [0.29, 0.717) is 5.02 Å². The summed E-state index contributed by atoms with van der Waals surface area (Å²) < 4.78 is 2.02. The van der Waals surface area contributed by atoms with Gasteiger partial charge in [-0.3, -0.25) is 4.79 Å². The van der Waals surface area contributed by atoms with E-state index >= 15 is 0 Å². The summed E-state index contributed by atoms with van der Waals surface area (Å²) in [5.74, 6) is 1.05. The van der Waals surface area contributed by atoms with Crippen molar-refractivity contribution >= 4 is 29.3 Å². The zero-order valence-electron chi connectivity index (χ0n) is 15.2. The van der Waals surface area contributed by atoms with E-state index in [0.717, 1.165) is 28.7 Å². The fraction of sp³-hybridized carbons (Fsp3) is 0.250. The zero-order valence-corrected chi connectivity index (χ0v) is 16.8. The molecule has 0 unspecified atom stereocenters. The van der Waals surface area contributed by atoms with Crippen LogP contribution in [0.15, 0.2) is 59.8 Å². The van der Waals surface area contributed by atoms with Gasteiger partial charge in [-0.25, -0.2) is 0 Å². The van der Waals surface area contributed by atoms with Gasteiger partial charge in [0.1, 0.15) is 0 Å². The highest BCUT2D eigenvalue weighted by molar-refractivity contribution is 7.99. The molecule has 2 aromatic carbocycles. The highest BCUT2D eigenvalue weighted by Crippen LogP contribution is 2.24. The Morgan fingerprint density at radius 3 is 2.52 bits per heavy atom. The van der Waals surface area contributed by atoms with E-state index in [2.05, 4.69) is 15.5 Å². The van der Waals surface area contributed by atoms with Crippen LogP contribution in [0, 0.1) is 0 Å². The Morgan fingerprint density at radius 1 is 1.15 bits per heavy atom. The summed E-state index contributed by atoms with van der Waals surface area (Å²) in [6.07, 6.45) is 0. The van der Waals surface area contributed by atoms with Crippen LogP contribution >= 0.6 is 23.4 Å². The first-order valence-electron chi connectivity index (χ1n) is 8.74. The number of carbonyl (C=O) groups excluding carboxylic acids is 1. The van der Waals surface area contributed by atoms with Crippen LogP contribution < -0.4 is 5.32 Å². The van der Waals surface area contributed by atoms with Gasteiger partial charge in [0.2, 0.25) is 5.91 Å². The second kappa shape index (κ2) is 9.06. The van der Waals surface area contributed by atoms with Crippen molar-refractivity contribution in [1.82, 2.24) is 20.1 Å². The van der Waals surface area contributed by atoms with Crippen LogP contribution in [0.25, 0.3) is 11.4 Å². The smallest absolute Gasteiger partial charge is 0.230 e. The van der Waals surface area contributed by atoms with Crippen molar-refractivity contribution in [2.75, 3.05) is 5.75 Å². The first-order valence-corrected chi connectivity index (χ1v) is 10.1. The summed E-state index contributed by atoms with van der Waals surface area (Å²) in [4.78, 5) is 12.3. The maximum absolute atomic E-state index is 12.3. The molecule has 5 nitrogen and oxygen atoms in total. The summed E-state index contributed by atoms with van der Waals surface area (Å²) in [5.41, 5.74) is 2.03. The lowest BCUT2D eigenvalue weighted by atomic mass is 10.1. The van der Waals surface area contributed by atoms with E-state index in [1.807, 2.05) is 73.0 Å². The number of carbonyl (C=O) groups is 1. The maximum atomic E-state index is 12.3. The third-order valence-corrected chi connectivity index (χ3v) is 5.36. The van der Waals surface area contributed by atoms with E-state index in [-0.39, 0.29) is 17.7 Å². The van der Waals surface area contributed by atoms with E-state index in [1.54, 1.807) is 0 Å². The molecular weight excluding hydrogens is 380 g/mol. The molecule has 0 spiro atoms. The van der Waals surface area contributed by atoms with Crippen molar-refractivity contribution in [3.8, 4) is 11.4 Å². The minimum atomic E-state index is -0.0840. The van der Waals surface area contributed by atoms with Crippen LogP contribution in [-0.2, 0) is 11.3 Å². The minimum absolute atomic E-state index is 0.0469. The molecule has 0 radical (unpaired) electrons. The Bertz CT molecular complexity index is 896. The molecule has 0 saturated carbocycles. The van der Waals surface area contributed by atoms with Crippen LogP contribution in [-0.4, -0.2) is 26.4 Å². The molecule has 0 aliphatic rings. The van der Waals surface area contributed by atoms with Gasteiger partial charge in [-0.2, -0.15) is 0 Å². The fourth-order valence-corrected chi connectivity index (χ4v) is 3.67. The van der Waals surface area contributed by atoms with Crippen molar-refractivity contribution in [2.45, 2.75) is 31.6 Å². The quantitative estimate of drug-likeness (QED) is 0.589. The van der Waals surface area contributed by atoms with Gasteiger partial charge >= 0.3 is 0 Å². The highest BCUT2D eigenvalue weighted by atomic mass is 35.5. The Labute approximate surface area is 168 Å². The molecule has 0 aliphatic carbocycles. The molecular formula is C20H21ClN4OS. The molecule has 3 aromatic rings. The Kier molecular flexibility index (Phi) is 6.53. The molecule has 0 fully saturated rings. The molecule has 0 saturated heterocycles. The van der Waals surface area contributed by atoms with E-state index in [9.17, 15) is 4.79 Å². The van der Waals surface area contributed by atoms with E-state index < -0.39 is 0 Å². The van der Waals surface area contributed by atoms with Gasteiger partial charge in [0.25, 0.3) is 0 Å². The van der Waals surface area contributed by atoms with Gasteiger partial charge in [0.15, 0.2) is 11.0 Å². The number of amides is 1. The first kappa shape index (κ1) is 19.5. The normalized spacial score (nSPS) is 12.0. The van der Waals surface area contributed by atoms with Crippen LogP contribution in [0.3, 0.4) is 0 Å². The van der Waals surface area contributed by atoms with Crippen LogP contribution in [0.4, 0.5) is 0 Å². The second-order valence-electron chi connectivity index (χ2n) is 6.05. The standard InChI is InChI=1S/C20H21ClN4OS/c1-3-25-19(16-7-5-4-6-8-16)23-24-20(25)27-13-18(26)22-14(2)15-9-11-17(21)12-10-15/h4-12,14H,3,13H2,1-2H3,(H,22,26)/t14-/m0/s1. The van der Waals surface area contributed by atoms with Gasteiger partial charge in [-0.1, -0.05) is 65.8 Å². The van der Waals surface area contributed by atoms with Gasteiger partial charge in [-0.15, -0.1) is 10.2 Å². The number of benzene rings is 2. The molecule has 1 atom stereocenters. The summed E-state index contributed by atoms with van der Waals surface area (Å²) in [5, 5.41) is 13.0. The van der Waals surface area contributed by atoms with Gasteiger partial charge < -0.3 is 9.88 Å². The average Bonchev–Trinajstić information content (AvgIpc) is 3.10. The average molecular weight is 401 g/mol. The van der Waals surface area contributed by atoms with Crippen molar-refractivity contribution < 1.29 is 4.79 Å². The molecule has 7 heteroatoms. The maximum Gasteiger partial charge on any atom is 0.230 e. The number of halogens is 1. The van der Waals surface area contributed by atoms with Gasteiger partial charge in [0, 0.05) is 17.1 Å². The zero-order chi connectivity index (χ0) is 19.2. The topological polar surface area (TPSA) is 59.8 Å². The number of hydrogen-bond donors (Lipinski definition) is 1. The number of hydrogen-bond acceptors (Lipinski definition) is 4. The van der Waals surface area contributed by atoms with Crippen LogP contribution in [0.5, 0.6) is 0 Å². The van der Waals surface area contributed by atoms with E-state index in [1.165, 1.54) is 11.8 Å². The molecule has 1 N–H and O–H groups in total. The van der Waals surface area contributed by atoms with Crippen molar-refractivity contribution in [2.24, 2.45) is 0 Å². The SMILES string of the molecule is CCn1c(SCC(=O)N[C@@H](C)c2ccc(Cl)cc2)nnc1-c1ccccc1. The van der Waals surface area contributed by atoms with Crippen molar-refractivity contribution in [3.63, 3.8) is 0 Å². The summed E-state index contributed by atoms with van der Waals surface area (Å²) in [6.45, 7) is 4.73. The predicted molar refractivity (Wildman–Crippen MR) is 110 cm³/mol. The fourth-order valence-electron chi connectivity index (χ4n) is 2.73. The number of aromatic nitrogens is 3. The molecule has 0 aliphatic heterocycles. The lowest BCUT2D eigenvalue weighted by Gasteiger charge is -2.14. The first-order chi connectivity index (χ1) is 13.1. The van der Waals surface area contributed by atoms with Crippen LogP contribution in [0.1, 0.15) is 25.5 Å². The highest BCUT2D eigenvalue weighted by Gasteiger charge is 2.15. The Hall–Kier alpha value is -2.31. The Balaban J connectivity index is 1.62. The largest absolute Gasteiger partial charge is 0.349 e. The summed E-state index contributed by atoms with van der Waals surface area (Å²) in [7, 11) is 0. The molecule has 1 amide bonds. The van der Waals surface area contributed by atoms with Gasteiger partial charge in [-0.05, 0) is 31.5 Å².